The van der Waals surface area contributed by atoms with Crippen LogP contribution in [0.15, 0.2) is 30.3 Å². The molecule has 2 aromatic rings. The van der Waals surface area contributed by atoms with Crippen LogP contribution in [0.1, 0.15) is 54.9 Å². The number of nitrogens with one attached hydrogen (secondary N) is 1. The molecule has 3 atom stereocenters. The van der Waals surface area contributed by atoms with Crippen LogP contribution >= 0.6 is 11.3 Å². The predicted octanol–water partition coefficient (Wildman–Crippen LogP) is 4.36. The van der Waals surface area contributed by atoms with E-state index in [2.05, 4.69) is 17.2 Å². The van der Waals surface area contributed by atoms with Gasteiger partial charge in [-0.25, -0.2) is 9.78 Å². The van der Waals surface area contributed by atoms with E-state index in [1.165, 1.54) is 17.8 Å². The molecule has 0 saturated heterocycles. The number of hydrogen-bond acceptors (Lipinski definition) is 5. The van der Waals surface area contributed by atoms with Crippen molar-refractivity contribution in [1.82, 2.24) is 10.3 Å². The number of hydrogen-bond donors (Lipinski definition) is 1. The number of carbonyl (C=O) groups is 2. The van der Waals surface area contributed by atoms with E-state index in [0.717, 1.165) is 29.8 Å². The molecule has 1 N–H and O–H groups in total. The average molecular weight is 387 g/mol. The van der Waals surface area contributed by atoms with Crippen molar-refractivity contribution in [2.75, 3.05) is 0 Å². The number of esters is 1. The van der Waals surface area contributed by atoms with E-state index < -0.39 is 12.1 Å². The lowest BCUT2D eigenvalue weighted by molar-refractivity contribution is -0.130. The molecule has 1 aliphatic rings. The Bertz CT molecular complexity index is 803. The van der Waals surface area contributed by atoms with Crippen LogP contribution in [0.3, 0.4) is 0 Å². The third-order valence-corrected chi connectivity index (χ3v) is 6.28. The lowest BCUT2D eigenvalue weighted by atomic mass is 9.86. The molecular formula is C21H26N2O3S. The standard InChI is InChI=1S/C21H26N2O3S/c1-13-9-7-8-12-17(13)23-19(24)15(3)26-21(25)18-14(2)22-20(27-18)16-10-5-4-6-11-16/h4-6,10-11,13,15,17H,7-9,12H2,1-3H3,(H,23,24)/t13-,15+,17+/m0/s1. The first-order valence-corrected chi connectivity index (χ1v) is 10.3. The van der Waals surface area contributed by atoms with Crippen LogP contribution in [0.4, 0.5) is 0 Å². The van der Waals surface area contributed by atoms with Crippen molar-refractivity contribution < 1.29 is 14.3 Å². The minimum Gasteiger partial charge on any atom is -0.448 e. The fourth-order valence-electron chi connectivity index (χ4n) is 3.39. The molecule has 27 heavy (non-hydrogen) atoms. The molecule has 1 amide bonds. The summed E-state index contributed by atoms with van der Waals surface area (Å²) in [6, 6.07) is 9.88. The summed E-state index contributed by atoms with van der Waals surface area (Å²) in [6.07, 6.45) is 3.63. The first kappa shape index (κ1) is 19.5. The molecule has 144 valence electrons. The van der Waals surface area contributed by atoms with Gasteiger partial charge in [-0.2, -0.15) is 0 Å². The Balaban J connectivity index is 1.63. The number of thiazole rings is 1. The monoisotopic (exact) mass is 386 g/mol. The number of amides is 1. The van der Waals surface area contributed by atoms with E-state index in [1.54, 1.807) is 13.8 Å². The van der Waals surface area contributed by atoms with Crippen molar-refractivity contribution in [2.24, 2.45) is 5.92 Å². The molecule has 5 nitrogen and oxygen atoms in total. The maximum atomic E-state index is 12.5. The lowest BCUT2D eigenvalue weighted by Gasteiger charge is -2.30. The molecule has 3 rings (SSSR count). The molecular weight excluding hydrogens is 360 g/mol. The summed E-state index contributed by atoms with van der Waals surface area (Å²) in [4.78, 5) is 29.9. The Kier molecular flexibility index (Phi) is 6.26. The lowest BCUT2D eigenvalue weighted by Crippen LogP contribution is -2.45. The topological polar surface area (TPSA) is 68.3 Å². The summed E-state index contributed by atoms with van der Waals surface area (Å²) in [5, 5.41) is 3.81. The van der Waals surface area contributed by atoms with E-state index >= 15 is 0 Å². The second-order valence-corrected chi connectivity index (χ2v) is 8.22. The SMILES string of the molecule is Cc1nc(-c2ccccc2)sc1C(=O)O[C@H](C)C(=O)N[C@@H]1CCCC[C@@H]1C. The molecule has 0 radical (unpaired) electrons. The Labute approximate surface area is 164 Å². The molecule has 1 fully saturated rings. The Morgan fingerprint density at radius 1 is 1.22 bits per heavy atom. The minimum absolute atomic E-state index is 0.169. The summed E-state index contributed by atoms with van der Waals surface area (Å²) < 4.78 is 5.42. The summed E-state index contributed by atoms with van der Waals surface area (Å²) in [5.74, 6) is -0.262. The number of carbonyl (C=O) groups excluding carboxylic acids is 2. The molecule has 0 spiro atoms. The highest BCUT2D eigenvalue weighted by atomic mass is 32.1. The van der Waals surface area contributed by atoms with Crippen LogP contribution in [0, 0.1) is 12.8 Å². The van der Waals surface area contributed by atoms with Gasteiger partial charge in [0.2, 0.25) is 0 Å². The maximum absolute atomic E-state index is 12.5. The van der Waals surface area contributed by atoms with Gasteiger partial charge in [0.15, 0.2) is 6.10 Å². The van der Waals surface area contributed by atoms with E-state index in [1.807, 2.05) is 30.3 Å². The van der Waals surface area contributed by atoms with Gasteiger partial charge < -0.3 is 10.1 Å². The summed E-state index contributed by atoms with van der Waals surface area (Å²) in [5.41, 5.74) is 1.58. The normalized spacial score (nSPS) is 20.7. The van der Waals surface area contributed by atoms with Gasteiger partial charge in [0.25, 0.3) is 5.91 Å². The van der Waals surface area contributed by atoms with E-state index in [0.29, 0.717) is 16.5 Å². The molecule has 1 saturated carbocycles. The van der Waals surface area contributed by atoms with Gasteiger partial charge in [0.05, 0.1) is 5.69 Å². The van der Waals surface area contributed by atoms with Gasteiger partial charge >= 0.3 is 5.97 Å². The summed E-state index contributed by atoms with van der Waals surface area (Å²) in [7, 11) is 0. The molecule has 0 bridgehead atoms. The maximum Gasteiger partial charge on any atom is 0.351 e. The number of benzene rings is 1. The Morgan fingerprint density at radius 2 is 1.93 bits per heavy atom. The zero-order chi connectivity index (χ0) is 19.4. The van der Waals surface area contributed by atoms with Crippen molar-refractivity contribution in [1.29, 1.82) is 0 Å². The van der Waals surface area contributed by atoms with Crippen molar-refractivity contribution in [2.45, 2.75) is 58.6 Å². The van der Waals surface area contributed by atoms with E-state index in [9.17, 15) is 9.59 Å². The van der Waals surface area contributed by atoms with Gasteiger partial charge in [-0.1, -0.05) is 50.1 Å². The average Bonchev–Trinajstić information content (AvgIpc) is 3.06. The van der Waals surface area contributed by atoms with Gasteiger partial charge in [-0.15, -0.1) is 11.3 Å². The molecule has 1 aromatic carbocycles. The molecule has 6 heteroatoms. The van der Waals surface area contributed by atoms with Gasteiger partial charge in [-0.3, -0.25) is 4.79 Å². The zero-order valence-corrected chi connectivity index (χ0v) is 16.8. The summed E-state index contributed by atoms with van der Waals surface area (Å²) >= 11 is 1.29. The van der Waals surface area contributed by atoms with Crippen molar-refractivity contribution in [3.8, 4) is 10.6 Å². The van der Waals surface area contributed by atoms with Crippen LogP contribution < -0.4 is 5.32 Å². The second-order valence-electron chi connectivity index (χ2n) is 7.22. The highest BCUT2D eigenvalue weighted by molar-refractivity contribution is 7.17. The zero-order valence-electron chi connectivity index (χ0n) is 16.0. The molecule has 1 aliphatic carbocycles. The molecule has 0 unspecified atom stereocenters. The molecule has 0 aliphatic heterocycles. The van der Waals surface area contributed by atoms with Gasteiger partial charge in [0.1, 0.15) is 9.88 Å². The molecule has 1 heterocycles. The third-order valence-electron chi connectivity index (χ3n) is 5.09. The van der Waals surface area contributed by atoms with E-state index in [4.69, 9.17) is 4.74 Å². The van der Waals surface area contributed by atoms with Crippen LogP contribution in [-0.4, -0.2) is 29.0 Å². The smallest absolute Gasteiger partial charge is 0.351 e. The quantitative estimate of drug-likeness (QED) is 0.775. The first-order valence-electron chi connectivity index (χ1n) is 9.50. The number of nitrogens with zero attached hydrogens (tertiary/aromatic N) is 1. The van der Waals surface area contributed by atoms with Crippen molar-refractivity contribution >= 4 is 23.2 Å². The fraction of sp³-hybridized carbons (Fsp3) is 0.476. The van der Waals surface area contributed by atoms with E-state index in [-0.39, 0.29) is 11.9 Å². The minimum atomic E-state index is -0.826. The highest BCUT2D eigenvalue weighted by Gasteiger charge is 2.27. The van der Waals surface area contributed by atoms with Crippen LogP contribution in [-0.2, 0) is 9.53 Å². The van der Waals surface area contributed by atoms with Crippen LogP contribution in [0.2, 0.25) is 0 Å². The predicted molar refractivity (Wildman–Crippen MR) is 107 cm³/mol. The van der Waals surface area contributed by atoms with Gasteiger partial charge in [0, 0.05) is 11.6 Å². The number of rotatable bonds is 5. The summed E-state index contributed by atoms with van der Waals surface area (Å²) in [6.45, 7) is 5.57. The van der Waals surface area contributed by atoms with Gasteiger partial charge in [-0.05, 0) is 32.6 Å². The Hall–Kier alpha value is -2.21. The Morgan fingerprint density at radius 3 is 2.63 bits per heavy atom. The second kappa shape index (κ2) is 8.65. The number of aromatic nitrogens is 1. The fourth-order valence-corrected chi connectivity index (χ4v) is 4.34. The van der Waals surface area contributed by atoms with Crippen LogP contribution in [0.5, 0.6) is 0 Å². The van der Waals surface area contributed by atoms with Crippen LogP contribution in [0.25, 0.3) is 10.6 Å². The third kappa shape index (κ3) is 4.75. The number of ether oxygens (including phenoxy) is 1. The van der Waals surface area contributed by atoms with Crippen molar-refractivity contribution in [3.63, 3.8) is 0 Å². The largest absolute Gasteiger partial charge is 0.448 e. The van der Waals surface area contributed by atoms with Crippen molar-refractivity contribution in [3.05, 3.63) is 40.9 Å². The molecule has 1 aromatic heterocycles. The number of aryl methyl sites for hydroxylation is 1. The first-order chi connectivity index (χ1) is 13.0. The highest BCUT2D eigenvalue weighted by Crippen LogP contribution is 2.28.